The third-order valence-electron chi connectivity index (χ3n) is 23.6. The minimum Gasteiger partial charge on any atom is -0.389 e. The number of ketones is 2. The quantitative estimate of drug-likeness (QED) is 0.263. The van der Waals surface area contributed by atoms with Crippen molar-refractivity contribution in [3.05, 3.63) is 22.8 Å². The molecule has 5 heterocycles. The Morgan fingerprint density at radius 1 is 0.516 bits per heavy atom. The number of fused-ring (bicyclic) bond motifs is 12. The number of aromatic nitrogens is 2. The van der Waals surface area contributed by atoms with Crippen LogP contribution in [0.15, 0.2) is 0 Å². The minimum absolute atomic E-state index is 0.00560. The van der Waals surface area contributed by atoms with Crippen molar-refractivity contribution in [3.8, 4) is 0 Å². The maximum absolute atomic E-state index is 14.8. The van der Waals surface area contributed by atoms with Crippen LogP contribution >= 0.6 is 0 Å². The molecule has 0 aromatic carbocycles. The molecule has 1 aromatic rings. The second-order valence-electron chi connectivity index (χ2n) is 26.9. The lowest BCUT2D eigenvalue weighted by Crippen LogP contribution is -2.57. The van der Waals surface area contributed by atoms with Gasteiger partial charge in [0.1, 0.15) is 11.6 Å². The van der Waals surface area contributed by atoms with Crippen LogP contribution in [0.4, 0.5) is 0 Å². The predicted octanol–water partition coefficient (Wildman–Crippen LogP) is 8.07. The molecule has 13 rings (SSSR count). The molecule has 0 unspecified atom stereocenters. The number of carbonyl (C=O) groups is 2. The molecular formula is C54H76N2O8. The smallest absolute Gasteiger partial charge is 0.172 e. The number of nitrogens with zero attached hydrogens (tertiary/aromatic N) is 2. The van der Waals surface area contributed by atoms with E-state index in [1.54, 1.807) is 0 Å². The molecule has 4 aliphatic heterocycles. The molecule has 12 aliphatic rings. The average molecular weight is 881 g/mol. The van der Waals surface area contributed by atoms with E-state index in [4.69, 9.17) is 28.9 Å². The molecule has 0 amide bonds. The zero-order chi connectivity index (χ0) is 44.9. The Bertz CT molecular complexity index is 2120. The van der Waals surface area contributed by atoms with Crippen molar-refractivity contribution in [3.63, 3.8) is 0 Å². The van der Waals surface area contributed by atoms with Gasteiger partial charge in [0.05, 0.1) is 68.2 Å². The standard InChI is InChI=1S/C54H76N2O8/c1-27-43-39(61-53(27)17-15-45(3,4)63-53)25-51(49(43,9)59)31-13-11-29-19-35-37(23-47(29,7)33(31)21-41(51)57)55-36-20-30-12-14-32-34(48(30,8)24-38(36)56-35)22-42(58)52(32)26-40-44(50(52,10)60)28(2)54(62-40)18-16-46(5,6)64-54/h27-34,39-40,43-44,59-60H,11-26H2,1-10H3/t27-,28-,29-,30-,31+,32+,33-,34+,39-,40-,43-,44-,47-,48-,49-,50-,51-,52-,53+,54-/m0/s1. The first-order valence-corrected chi connectivity index (χ1v) is 26.0. The lowest BCUT2D eigenvalue weighted by Gasteiger charge is -2.56. The molecule has 4 saturated heterocycles. The number of hydrogen-bond donors (Lipinski definition) is 2. The summed E-state index contributed by atoms with van der Waals surface area (Å²) >= 11 is 0. The second-order valence-corrected chi connectivity index (χ2v) is 26.9. The average Bonchev–Trinajstić information content (AvgIpc) is 4.05. The van der Waals surface area contributed by atoms with Crippen LogP contribution in [0.3, 0.4) is 0 Å². The first kappa shape index (κ1) is 42.3. The Morgan fingerprint density at radius 2 is 0.906 bits per heavy atom. The molecule has 350 valence electrons. The monoisotopic (exact) mass is 881 g/mol. The van der Waals surface area contributed by atoms with Gasteiger partial charge in [-0.15, -0.1) is 0 Å². The van der Waals surface area contributed by atoms with Gasteiger partial charge in [-0.3, -0.25) is 19.6 Å². The van der Waals surface area contributed by atoms with E-state index in [0.717, 1.165) is 99.8 Å². The first-order chi connectivity index (χ1) is 29.9. The van der Waals surface area contributed by atoms with Gasteiger partial charge in [-0.05, 0) is 165 Å². The van der Waals surface area contributed by atoms with Crippen molar-refractivity contribution in [1.29, 1.82) is 0 Å². The number of rotatable bonds is 0. The molecule has 1 aromatic heterocycles. The van der Waals surface area contributed by atoms with Crippen LogP contribution in [-0.4, -0.2) is 77.9 Å². The van der Waals surface area contributed by atoms with Crippen LogP contribution in [0.25, 0.3) is 0 Å². The summed E-state index contributed by atoms with van der Waals surface area (Å²) in [5, 5.41) is 25.8. The molecule has 4 spiro atoms. The fraction of sp³-hybridized carbons (Fsp3) is 0.889. The zero-order valence-corrected chi connectivity index (χ0v) is 40.5. The second kappa shape index (κ2) is 12.3. The molecule has 64 heavy (non-hydrogen) atoms. The van der Waals surface area contributed by atoms with Gasteiger partial charge >= 0.3 is 0 Å². The highest BCUT2D eigenvalue weighted by molar-refractivity contribution is 5.91. The van der Waals surface area contributed by atoms with Crippen molar-refractivity contribution in [2.24, 2.45) is 80.8 Å². The fourth-order valence-electron chi connectivity index (χ4n) is 20.5. The minimum atomic E-state index is -1.17. The molecule has 6 saturated carbocycles. The van der Waals surface area contributed by atoms with E-state index in [-0.39, 0.29) is 93.1 Å². The third kappa shape index (κ3) is 4.77. The summed E-state index contributed by atoms with van der Waals surface area (Å²) in [6.07, 6.45) is 12.8. The van der Waals surface area contributed by atoms with Crippen LogP contribution in [-0.2, 0) is 54.2 Å². The molecule has 0 radical (unpaired) electrons. The highest BCUT2D eigenvalue weighted by Gasteiger charge is 2.80. The van der Waals surface area contributed by atoms with Gasteiger partial charge in [0.25, 0.3) is 0 Å². The Morgan fingerprint density at radius 3 is 1.25 bits per heavy atom. The first-order valence-electron chi connectivity index (χ1n) is 26.0. The number of Topliss-reactive ketones (excluding diaryl/α,β-unsaturated/α-hetero) is 2. The third-order valence-corrected chi connectivity index (χ3v) is 23.6. The normalized spacial score (nSPS) is 57.9. The molecule has 10 nitrogen and oxygen atoms in total. The fourth-order valence-corrected chi connectivity index (χ4v) is 20.5. The highest BCUT2D eigenvalue weighted by Crippen LogP contribution is 2.75. The van der Waals surface area contributed by atoms with E-state index in [9.17, 15) is 19.8 Å². The van der Waals surface area contributed by atoms with E-state index in [2.05, 4.69) is 55.4 Å². The van der Waals surface area contributed by atoms with Gasteiger partial charge in [-0.25, -0.2) is 0 Å². The lowest BCUT2D eigenvalue weighted by atomic mass is 9.49. The van der Waals surface area contributed by atoms with Crippen molar-refractivity contribution in [2.45, 2.75) is 218 Å². The van der Waals surface area contributed by atoms with Gasteiger partial charge < -0.3 is 29.2 Å². The van der Waals surface area contributed by atoms with Crippen LogP contribution in [0.1, 0.15) is 169 Å². The van der Waals surface area contributed by atoms with Crippen LogP contribution in [0.2, 0.25) is 0 Å². The number of hydrogen-bond acceptors (Lipinski definition) is 10. The van der Waals surface area contributed by atoms with E-state index in [1.165, 1.54) is 0 Å². The van der Waals surface area contributed by atoms with Crippen LogP contribution < -0.4 is 0 Å². The molecule has 10 heteroatoms. The molecule has 8 aliphatic carbocycles. The topological polar surface area (TPSA) is 137 Å². The Hall–Kier alpha value is -1.82. The van der Waals surface area contributed by atoms with Gasteiger partial charge in [0.2, 0.25) is 0 Å². The van der Waals surface area contributed by atoms with Crippen molar-refractivity contribution in [1.82, 2.24) is 9.97 Å². The summed E-state index contributed by atoms with van der Waals surface area (Å²) in [6, 6.07) is 0. The molecule has 10 fully saturated rings. The van der Waals surface area contributed by atoms with Crippen molar-refractivity contribution in [2.75, 3.05) is 0 Å². The lowest BCUT2D eigenvalue weighted by molar-refractivity contribution is -0.257. The Kier molecular flexibility index (Phi) is 8.13. The maximum atomic E-state index is 14.8. The van der Waals surface area contributed by atoms with Crippen LogP contribution in [0, 0.1) is 80.8 Å². The summed E-state index contributed by atoms with van der Waals surface area (Å²) in [7, 11) is 0. The predicted molar refractivity (Wildman–Crippen MR) is 236 cm³/mol. The largest absolute Gasteiger partial charge is 0.389 e. The summed E-state index contributed by atoms with van der Waals surface area (Å²) < 4.78 is 27.1. The number of aliphatic hydroxyl groups is 2. The van der Waals surface area contributed by atoms with Crippen molar-refractivity contribution < 1.29 is 38.7 Å². The number of ether oxygens (including phenoxy) is 4. The van der Waals surface area contributed by atoms with Gasteiger partial charge in [-0.2, -0.15) is 0 Å². The van der Waals surface area contributed by atoms with E-state index >= 15 is 0 Å². The Balaban J connectivity index is 0.762. The molecule has 2 N–H and O–H groups in total. The van der Waals surface area contributed by atoms with Gasteiger partial charge in [-0.1, -0.05) is 27.7 Å². The van der Waals surface area contributed by atoms with Gasteiger partial charge in [0, 0.05) is 49.4 Å². The molecule has 20 atom stereocenters. The van der Waals surface area contributed by atoms with Gasteiger partial charge in [0.15, 0.2) is 11.6 Å². The zero-order valence-electron chi connectivity index (χ0n) is 40.5. The summed E-state index contributed by atoms with van der Waals surface area (Å²) in [6.45, 7) is 21.8. The highest BCUT2D eigenvalue weighted by atomic mass is 16.7. The van der Waals surface area contributed by atoms with Crippen molar-refractivity contribution >= 4 is 11.6 Å². The summed E-state index contributed by atoms with van der Waals surface area (Å²) in [5.74, 6) is 0.328. The van der Waals surface area contributed by atoms with E-state index in [0.29, 0.717) is 37.5 Å². The van der Waals surface area contributed by atoms with E-state index in [1.807, 2.05) is 13.8 Å². The number of carbonyl (C=O) groups excluding carboxylic acids is 2. The Labute approximate surface area is 380 Å². The summed E-state index contributed by atoms with van der Waals surface area (Å²) in [4.78, 5) is 40.8. The molecule has 0 bridgehead atoms. The molecular weight excluding hydrogens is 805 g/mol. The summed E-state index contributed by atoms with van der Waals surface area (Å²) in [5.41, 5.74) is -0.0891. The maximum Gasteiger partial charge on any atom is 0.172 e. The van der Waals surface area contributed by atoms with Crippen LogP contribution in [0.5, 0.6) is 0 Å². The SMILES string of the molecule is C[C@H]1[C@H]2[C@H](C[C@]3(C(=O)C[C@@H]4[C@H]3CC[C@H]3Cc5nc6c(nc5C[C@@]34C)C[C@@H]3CC[C@@H]4[C@H](CC(=O)[C@]45C[C@@H]4O[C@@]7(CCC(C)(C)O7)[C@@H](C)[C@@H]4[C@]5(C)O)[C@@]3(C)C6)[C@@]2(C)O)O[C@]12CCC(C)(C)O2. The van der Waals surface area contributed by atoms with E-state index < -0.39 is 33.6 Å².